The largest absolute Gasteiger partial charge is 0.573 e. The first-order chi connectivity index (χ1) is 16.6. The number of H-pyrrole nitrogens is 1. The highest BCUT2D eigenvalue weighted by Gasteiger charge is 2.43. The lowest BCUT2D eigenvalue weighted by molar-refractivity contribution is -0.274. The first-order valence-electron chi connectivity index (χ1n) is 11.0. The van der Waals surface area contributed by atoms with Crippen molar-refractivity contribution in [2.24, 2.45) is 0 Å². The van der Waals surface area contributed by atoms with Crippen molar-refractivity contribution in [1.82, 2.24) is 9.88 Å². The Morgan fingerprint density at radius 2 is 1.89 bits per heavy atom. The fraction of sp³-hybridized carbons (Fsp3) is 0.292. The van der Waals surface area contributed by atoms with Gasteiger partial charge in [-0.25, -0.2) is 4.90 Å². The topological polar surface area (TPSA) is 94.7 Å². The van der Waals surface area contributed by atoms with Crippen LogP contribution in [0.4, 0.5) is 24.5 Å². The molecule has 2 aliphatic rings. The Morgan fingerprint density at radius 1 is 1.14 bits per heavy atom. The van der Waals surface area contributed by atoms with Crippen LogP contribution < -0.4 is 15.0 Å². The van der Waals surface area contributed by atoms with E-state index in [4.69, 9.17) is 0 Å². The monoisotopic (exact) mass is 486 g/mol. The lowest BCUT2D eigenvalue weighted by Crippen LogP contribution is -2.44. The van der Waals surface area contributed by atoms with Gasteiger partial charge in [0.05, 0.1) is 18.2 Å². The van der Waals surface area contributed by atoms with Crippen LogP contribution in [0.3, 0.4) is 0 Å². The van der Waals surface area contributed by atoms with Gasteiger partial charge in [-0.2, -0.15) is 0 Å². The predicted molar refractivity (Wildman–Crippen MR) is 121 cm³/mol. The van der Waals surface area contributed by atoms with Gasteiger partial charge in [0.1, 0.15) is 5.75 Å². The van der Waals surface area contributed by atoms with Crippen molar-refractivity contribution in [3.05, 3.63) is 53.7 Å². The van der Waals surface area contributed by atoms with Gasteiger partial charge < -0.3 is 15.0 Å². The quantitative estimate of drug-likeness (QED) is 0.549. The molecule has 2 aromatic carbocycles. The summed E-state index contributed by atoms with van der Waals surface area (Å²) in [5.74, 6) is -1.24. The summed E-state index contributed by atoms with van der Waals surface area (Å²) in [6.45, 7) is 2.21. The fourth-order valence-electron chi connectivity index (χ4n) is 4.75. The van der Waals surface area contributed by atoms with Crippen molar-refractivity contribution < 1.29 is 32.3 Å². The highest BCUT2D eigenvalue weighted by Crippen LogP contribution is 2.35. The molecule has 3 aromatic rings. The first kappa shape index (κ1) is 22.9. The van der Waals surface area contributed by atoms with Gasteiger partial charge in [0.2, 0.25) is 11.8 Å². The third-order valence-corrected chi connectivity index (χ3v) is 6.22. The summed E-state index contributed by atoms with van der Waals surface area (Å²) < 4.78 is 42.1. The van der Waals surface area contributed by atoms with Gasteiger partial charge in [-0.05, 0) is 48.0 Å². The molecular weight excluding hydrogens is 465 g/mol. The van der Waals surface area contributed by atoms with Gasteiger partial charge in [0.15, 0.2) is 0 Å². The molecule has 0 spiro atoms. The van der Waals surface area contributed by atoms with Gasteiger partial charge in [-0.1, -0.05) is 0 Å². The summed E-state index contributed by atoms with van der Waals surface area (Å²) >= 11 is 0. The lowest BCUT2D eigenvalue weighted by Gasteiger charge is -2.31. The van der Waals surface area contributed by atoms with E-state index in [2.05, 4.69) is 15.0 Å². The van der Waals surface area contributed by atoms with Crippen LogP contribution in [-0.4, -0.2) is 46.6 Å². The molecule has 0 saturated carbocycles. The molecule has 2 aliphatic heterocycles. The van der Waals surface area contributed by atoms with Gasteiger partial charge in [0, 0.05) is 48.7 Å². The van der Waals surface area contributed by atoms with Crippen molar-refractivity contribution in [2.75, 3.05) is 16.8 Å². The molecular formula is C24H21F3N4O4. The molecule has 3 heterocycles. The molecule has 1 fully saturated rings. The number of nitrogens with zero attached hydrogens (tertiary/aromatic N) is 2. The maximum atomic E-state index is 13.2. The molecule has 11 heteroatoms. The van der Waals surface area contributed by atoms with E-state index in [1.165, 1.54) is 25.1 Å². The van der Waals surface area contributed by atoms with E-state index < -0.39 is 12.4 Å². The van der Waals surface area contributed by atoms with E-state index in [1.54, 1.807) is 24.3 Å². The van der Waals surface area contributed by atoms with E-state index in [9.17, 15) is 27.6 Å². The average Bonchev–Trinajstić information content (AvgIpc) is 3.29. The van der Waals surface area contributed by atoms with Crippen LogP contribution in [0.25, 0.3) is 10.9 Å². The number of alkyl halides is 3. The maximum absolute atomic E-state index is 13.2. The second-order valence-electron chi connectivity index (χ2n) is 8.57. The summed E-state index contributed by atoms with van der Waals surface area (Å²) in [5.41, 5.74) is 3.32. The summed E-state index contributed by atoms with van der Waals surface area (Å²) in [4.78, 5) is 43.5. The number of anilines is 2. The van der Waals surface area contributed by atoms with Crippen molar-refractivity contribution in [3.63, 3.8) is 0 Å². The van der Waals surface area contributed by atoms with Crippen LogP contribution in [0.2, 0.25) is 0 Å². The number of hydrogen-bond acceptors (Lipinski definition) is 5. The van der Waals surface area contributed by atoms with Crippen molar-refractivity contribution in [2.45, 2.75) is 38.7 Å². The van der Waals surface area contributed by atoms with Crippen LogP contribution in [0.5, 0.6) is 5.75 Å². The van der Waals surface area contributed by atoms with E-state index in [-0.39, 0.29) is 29.9 Å². The number of aromatic amines is 1. The van der Waals surface area contributed by atoms with Crippen molar-refractivity contribution in [1.29, 1.82) is 0 Å². The minimum Gasteiger partial charge on any atom is -0.406 e. The number of rotatable bonds is 4. The van der Waals surface area contributed by atoms with Crippen LogP contribution in [0.1, 0.15) is 24.6 Å². The summed E-state index contributed by atoms with van der Waals surface area (Å²) in [5, 5.41) is 3.22. The lowest BCUT2D eigenvalue weighted by atomic mass is 10.0. The molecule has 35 heavy (non-hydrogen) atoms. The first-order valence-corrected chi connectivity index (χ1v) is 11.0. The summed E-state index contributed by atoms with van der Waals surface area (Å²) in [6, 6.07) is 9.88. The summed E-state index contributed by atoms with van der Waals surface area (Å²) in [7, 11) is 0. The molecule has 0 radical (unpaired) electrons. The number of nitrogens with one attached hydrogen (secondary N) is 2. The number of aromatic nitrogens is 1. The minimum absolute atomic E-state index is 0.00635. The average molecular weight is 486 g/mol. The van der Waals surface area contributed by atoms with E-state index in [0.717, 1.165) is 16.2 Å². The minimum atomic E-state index is -4.80. The second-order valence-corrected chi connectivity index (χ2v) is 8.57. The summed E-state index contributed by atoms with van der Waals surface area (Å²) in [6.07, 6.45) is -4.23. The molecule has 1 unspecified atom stereocenters. The predicted octanol–water partition coefficient (Wildman–Crippen LogP) is 3.72. The van der Waals surface area contributed by atoms with E-state index in [1.807, 2.05) is 4.90 Å². The molecule has 0 bridgehead atoms. The van der Waals surface area contributed by atoms with E-state index in [0.29, 0.717) is 41.8 Å². The Bertz CT molecular complexity index is 1330. The van der Waals surface area contributed by atoms with Crippen LogP contribution in [0, 0.1) is 0 Å². The SMILES string of the molecule is CC(=O)Nc1ccc(N2C(=O)CC(N3CCc4[nH]c5ccc(OC(F)(F)F)cc5c4C3)C2=O)cc1. The molecule has 1 aromatic heterocycles. The van der Waals surface area contributed by atoms with Crippen molar-refractivity contribution in [3.8, 4) is 5.75 Å². The number of halogens is 3. The number of hydrogen-bond donors (Lipinski definition) is 2. The highest BCUT2D eigenvalue weighted by atomic mass is 19.4. The fourth-order valence-corrected chi connectivity index (χ4v) is 4.75. The number of ether oxygens (including phenoxy) is 1. The van der Waals surface area contributed by atoms with Crippen molar-refractivity contribution >= 4 is 40.0 Å². The Morgan fingerprint density at radius 3 is 2.57 bits per heavy atom. The van der Waals surface area contributed by atoms with Gasteiger partial charge >= 0.3 is 6.36 Å². The van der Waals surface area contributed by atoms with Crippen LogP contribution in [-0.2, 0) is 27.3 Å². The number of carbonyl (C=O) groups excluding carboxylic acids is 3. The number of imide groups is 1. The number of benzene rings is 2. The standard InChI is InChI=1S/C24H21F3N4O4/c1-13(32)28-14-2-4-15(5-3-14)31-22(33)11-21(23(31)34)30-9-8-20-18(12-30)17-10-16(35-24(25,26)27)6-7-19(17)29-20/h2-7,10,21,29H,8-9,11-12H2,1H3,(H,28,32). The van der Waals surface area contributed by atoms with Crippen LogP contribution in [0.15, 0.2) is 42.5 Å². The number of fused-ring (bicyclic) bond motifs is 3. The highest BCUT2D eigenvalue weighted by molar-refractivity contribution is 6.22. The molecule has 2 N–H and O–H groups in total. The maximum Gasteiger partial charge on any atom is 0.573 e. The van der Waals surface area contributed by atoms with E-state index >= 15 is 0 Å². The molecule has 3 amide bonds. The third-order valence-electron chi connectivity index (χ3n) is 6.22. The number of amides is 3. The Labute approximate surface area is 197 Å². The van der Waals surface area contributed by atoms with Gasteiger partial charge in [-0.15, -0.1) is 13.2 Å². The molecule has 8 nitrogen and oxygen atoms in total. The van der Waals surface area contributed by atoms with Gasteiger partial charge in [-0.3, -0.25) is 19.3 Å². The zero-order valence-corrected chi connectivity index (χ0v) is 18.6. The number of carbonyl (C=O) groups is 3. The zero-order valence-electron chi connectivity index (χ0n) is 18.6. The van der Waals surface area contributed by atoms with Gasteiger partial charge in [0.25, 0.3) is 5.91 Å². The van der Waals surface area contributed by atoms with Crippen LogP contribution >= 0.6 is 0 Å². The molecule has 182 valence electrons. The second kappa shape index (κ2) is 8.42. The Kier molecular flexibility index (Phi) is 5.51. The Balaban J connectivity index is 1.37. The normalized spacial score (nSPS) is 18.7. The molecule has 1 atom stereocenters. The molecule has 1 saturated heterocycles. The third kappa shape index (κ3) is 4.46. The zero-order chi connectivity index (χ0) is 24.9. The Hall–Kier alpha value is -3.86. The molecule has 5 rings (SSSR count). The smallest absolute Gasteiger partial charge is 0.406 e. The molecule has 0 aliphatic carbocycles.